The molecule has 3 heterocycles. The van der Waals surface area contributed by atoms with Crippen molar-refractivity contribution in [3.05, 3.63) is 24.7 Å². The molecule has 20 heavy (non-hydrogen) atoms. The molecule has 2 aromatic rings. The lowest BCUT2D eigenvalue weighted by Gasteiger charge is -2.16. The summed E-state index contributed by atoms with van der Waals surface area (Å²) < 4.78 is 3.84. The third-order valence-electron chi connectivity index (χ3n) is 3.50. The lowest BCUT2D eigenvalue weighted by molar-refractivity contribution is -0.116. The van der Waals surface area contributed by atoms with Crippen molar-refractivity contribution < 1.29 is 4.79 Å². The average Bonchev–Trinajstić information content (AvgIpc) is 3.09. The molecule has 0 aliphatic carbocycles. The van der Waals surface area contributed by atoms with E-state index >= 15 is 0 Å². The summed E-state index contributed by atoms with van der Waals surface area (Å²) in [6.07, 6.45) is 9.47. The summed E-state index contributed by atoms with van der Waals surface area (Å²) in [4.78, 5) is 20.2. The van der Waals surface area contributed by atoms with Gasteiger partial charge in [0.05, 0.1) is 6.20 Å². The molecule has 1 aliphatic rings. The van der Waals surface area contributed by atoms with Gasteiger partial charge in [-0.3, -0.25) is 9.48 Å². The van der Waals surface area contributed by atoms with Gasteiger partial charge in [-0.1, -0.05) is 0 Å². The van der Waals surface area contributed by atoms with Gasteiger partial charge in [0.25, 0.3) is 0 Å². The first-order valence-corrected chi connectivity index (χ1v) is 6.99. The first-order chi connectivity index (χ1) is 9.83. The van der Waals surface area contributed by atoms with Gasteiger partial charge < -0.3 is 9.88 Å². The number of imidazole rings is 1. The Morgan fingerprint density at radius 1 is 1.40 bits per heavy atom. The van der Waals surface area contributed by atoms with Crippen molar-refractivity contribution in [1.29, 1.82) is 0 Å². The summed E-state index contributed by atoms with van der Waals surface area (Å²) in [5.74, 6) is 1.93. The van der Waals surface area contributed by atoms with E-state index in [-0.39, 0.29) is 5.91 Å². The van der Waals surface area contributed by atoms with E-state index in [9.17, 15) is 4.79 Å². The van der Waals surface area contributed by atoms with Gasteiger partial charge in [-0.05, 0) is 19.3 Å². The molecule has 0 radical (unpaired) electrons. The molecule has 2 aromatic heterocycles. The van der Waals surface area contributed by atoms with Gasteiger partial charge >= 0.3 is 0 Å². The Kier molecular flexibility index (Phi) is 3.76. The summed E-state index contributed by atoms with van der Waals surface area (Å²) >= 11 is 0. The quantitative estimate of drug-likeness (QED) is 0.889. The molecular weight excluding hydrogens is 256 g/mol. The number of rotatable bonds is 5. The Balaban J connectivity index is 1.50. The van der Waals surface area contributed by atoms with E-state index in [1.54, 1.807) is 17.2 Å². The zero-order valence-electron chi connectivity index (χ0n) is 11.3. The molecule has 7 heteroatoms. The molecule has 1 N–H and O–H groups in total. The van der Waals surface area contributed by atoms with Crippen molar-refractivity contribution in [2.45, 2.75) is 45.2 Å². The van der Waals surface area contributed by atoms with Crippen molar-refractivity contribution >= 4 is 11.7 Å². The molecule has 0 saturated heterocycles. The fourth-order valence-electron chi connectivity index (χ4n) is 2.47. The first-order valence-electron chi connectivity index (χ1n) is 6.99. The zero-order valence-corrected chi connectivity index (χ0v) is 11.3. The fourth-order valence-corrected chi connectivity index (χ4v) is 2.47. The lowest BCUT2D eigenvalue weighted by Crippen LogP contribution is -2.18. The van der Waals surface area contributed by atoms with Crippen LogP contribution in [0.1, 0.15) is 31.5 Å². The van der Waals surface area contributed by atoms with Crippen LogP contribution in [0, 0.1) is 0 Å². The van der Waals surface area contributed by atoms with Crippen LogP contribution < -0.4 is 5.32 Å². The van der Waals surface area contributed by atoms with E-state index in [1.165, 1.54) is 12.7 Å². The number of amides is 1. The summed E-state index contributed by atoms with van der Waals surface area (Å²) in [5.41, 5.74) is 0. The standard InChI is InChI=1S/C13H18N6O/c20-13(5-3-6-18-10-14-9-16-18)17-12-8-15-11-4-1-2-7-19(11)12/h8-10H,1-7H2,(H,17,20). The highest BCUT2D eigenvalue weighted by molar-refractivity contribution is 5.89. The van der Waals surface area contributed by atoms with E-state index in [2.05, 4.69) is 25.0 Å². The average molecular weight is 274 g/mol. The molecule has 0 fully saturated rings. The number of anilines is 1. The van der Waals surface area contributed by atoms with Gasteiger partial charge in [-0.15, -0.1) is 0 Å². The number of hydrogen-bond acceptors (Lipinski definition) is 4. The van der Waals surface area contributed by atoms with E-state index in [4.69, 9.17) is 0 Å². The maximum Gasteiger partial charge on any atom is 0.225 e. The molecular formula is C13H18N6O. The van der Waals surface area contributed by atoms with Crippen LogP contribution in [-0.2, 0) is 24.3 Å². The zero-order chi connectivity index (χ0) is 13.8. The maximum atomic E-state index is 11.9. The van der Waals surface area contributed by atoms with Gasteiger partial charge in [0.1, 0.15) is 24.3 Å². The maximum absolute atomic E-state index is 11.9. The Bertz CT molecular complexity index is 574. The van der Waals surface area contributed by atoms with Crippen LogP contribution in [0.3, 0.4) is 0 Å². The van der Waals surface area contributed by atoms with Crippen LogP contribution in [0.5, 0.6) is 0 Å². The van der Waals surface area contributed by atoms with Crippen molar-refractivity contribution in [3.63, 3.8) is 0 Å². The highest BCUT2D eigenvalue weighted by atomic mass is 16.1. The van der Waals surface area contributed by atoms with Crippen molar-refractivity contribution in [2.24, 2.45) is 0 Å². The molecule has 1 amide bonds. The Morgan fingerprint density at radius 2 is 2.35 bits per heavy atom. The van der Waals surface area contributed by atoms with Gasteiger partial charge in [-0.25, -0.2) is 9.97 Å². The third kappa shape index (κ3) is 2.87. The van der Waals surface area contributed by atoms with E-state index in [1.807, 2.05) is 0 Å². The van der Waals surface area contributed by atoms with Gasteiger partial charge in [-0.2, -0.15) is 5.10 Å². The Labute approximate surface area is 117 Å². The van der Waals surface area contributed by atoms with Crippen LogP contribution in [0.4, 0.5) is 5.82 Å². The number of aromatic nitrogens is 5. The second kappa shape index (κ2) is 5.85. The van der Waals surface area contributed by atoms with Crippen molar-refractivity contribution in [3.8, 4) is 0 Å². The number of aryl methyl sites for hydroxylation is 2. The number of nitrogens with zero attached hydrogens (tertiary/aromatic N) is 5. The molecule has 0 saturated carbocycles. The predicted molar refractivity (Wildman–Crippen MR) is 73.1 cm³/mol. The first kappa shape index (κ1) is 12.8. The topological polar surface area (TPSA) is 77.6 Å². The second-order valence-electron chi connectivity index (χ2n) is 4.98. The number of hydrogen-bond donors (Lipinski definition) is 1. The third-order valence-corrected chi connectivity index (χ3v) is 3.50. The highest BCUT2D eigenvalue weighted by Gasteiger charge is 2.15. The lowest BCUT2D eigenvalue weighted by atomic mass is 10.2. The number of carbonyl (C=O) groups is 1. The van der Waals surface area contributed by atoms with Crippen LogP contribution in [-0.4, -0.2) is 30.2 Å². The molecule has 106 valence electrons. The molecule has 0 spiro atoms. The minimum absolute atomic E-state index is 0.0263. The SMILES string of the molecule is O=C(CCCn1cncn1)Nc1cnc2n1CCCC2. The van der Waals surface area contributed by atoms with Crippen LogP contribution in [0.25, 0.3) is 0 Å². The van der Waals surface area contributed by atoms with E-state index < -0.39 is 0 Å². The number of carbonyl (C=O) groups excluding carboxylic acids is 1. The molecule has 0 unspecified atom stereocenters. The summed E-state index contributed by atoms with van der Waals surface area (Å²) in [5, 5.41) is 6.95. The molecule has 0 bridgehead atoms. The monoisotopic (exact) mass is 274 g/mol. The van der Waals surface area contributed by atoms with Crippen LogP contribution in [0.15, 0.2) is 18.9 Å². The predicted octanol–water partition coefficient (Wildman–Crippen LogP) is 1.23. The number of fused-ring (bicyclic) bond motifs is 1. The van der Waals surface area contributed by atoms with Crippen molar-refractivity contribution in [1.82, 2.24) is 24.3 Å². The fraction of sp³-hybridized carbons (Fsp3) is 0.538. The summed E-state index contributed by atoms with van der Waals surface area (Å²) in [7, 11) is 0. The van der Waals surface area contributed by atoms with Gasteiger partial charge in [0.15, 0.2) is 0 Å². The highest BCUT2D eigenvalue weighted by Crippen LogP contribution is 2.19. The van der Waals surface area contributed by atoms with Crippen molar-refractivity contribution in [2.75, 3.05) is 5.32 Å². The summed E-state index contributed by atoms with van der Waals surface area (Å²) in [6, 6.07) is 0. The Morgan fingerprint density at radius 3 is 3.20 bits per heavy atom. The Hall–Kier alpha value is -2.18. The van der Waals surface area contributed by atoms with Gasteiger partial charge in [0.2, 0.25) is 5.91 Å². The number of nitrogens with one attached hydrogen (secondary N) is 1. The molecule has 1 aliphatic heterocycles. The molecule has 0 atom stereocenters. The smallest absolute Gasteiger partial charge is 0.225 e. The van der Waals surface area contributed by atoms with Crippen LogP contribution in [0.2, 0.25) is 0 Å². The largest absolute Gasteiger partial charge is 0.315 e. The van der Waals surface area contributed by atoms with Crippen LogP contribution >= 0.6 is 0 Å². The van der Waals surface area contributed by atoms with E-state index in [0.717, 1.165) is 37.4 Å². The minimum Gasteiger partial charge on any atom is -0.315 e. The van der Waals surface area contributed by atoms with Gasteiger partial charge in [0, 0.05) is 25.9 Å². The second-order valence-corrected chi connectivity index (χ2v) is 4.98. The minimum atomic E-state index is 0.0263. The molecule has 7 nitrogen and oxygen atoms in total. The summed E-state index contributed by atoms with van der Waals surface area (Å²) in [6.45, 7) is 1.65. The normalized spacial score (nSPS) is 14.0. The van der Waals surface area contributed by atoms with E-state index in [0.29, 0.717) is 13.0 Å². The molecule has 3 rings (SSSR count). The molecule has 0 aromatic carbocycles.